The van der Waals surface area contributed by atoms with Crippen molar-refractivity contribution in [1.29, 1.82) is 0 Å². The summed E-state index contributed by atoms with van der Waals surface area (Å²) < 4.78 is 54.8. The number of rotatable bonds is 2. The summed E-state index contributed by atoms with van der Waals surface area (Å²) >= 11 is 3.14. The third-order valence-corrected chi connectivity index (χ3v) is 3.83. The number of hydrogen-bond acceptors (Lipinski definition) is 2. The van der Waals surface area contributed by atoms with Crippen LogP contribution in [0.5, 0.6) is 0 Å². The topological polar surface area (TPSA) is 15.3 Å². The zero-order valence-corrected chi connectivity index (χ0v) is 13.7. The minimum absolute atomic E-state index is 0. The Morgan fingerprint density at radius 3 is 2.33 bits per heavy atom. The number of halogens is 6. The van der Waals surface area contributed by atoms with Gasteiger partial charge in [-0.25, -0.2) is 4.39 Å². The van der Waals surface area contributed by atoms with Crippen molar-refractivity contribution in [3.05, 3.63) is 33.5 Å². The second-order valence-electron chi connectivity index (χ2n) is 4.86. The van der Waals surface area contributed by atoms with Gasteiger partial charge < -0.3 is 5.32 Å². The Hall–Kier alpha value is -0.370. The van der Waals surface area contributed by atoms with Crippen molar-refractivity contribution in [2.45, 2.75) is 19.1 Å². The van der Waals surface area contributed by atoms with E-state index in [-0.39, 0.29) is 36.6 Å². The summed E-state index contributed by atoms with van der Waals surface area (Å²) in [6.07, 6.45) is -4.51. The van der Waals surface area contributed by atoms with Gasteiger partial charge in [0.1, 0.15) is 11.9 Å². The highest BCUT2D eigenvalue weighted by Crippen LogP contribution is 2.40. The summed E-state index contributed by atoms with van der Waals surface area (Å²) in [5.41, 5.74) is -0.106. The molecule has 0 spiro atoms. The van der Waals surface area contributed by atoms with Gasteiger partial charge in [0.25, 0.3) is 0 Å². The fraction of sp³-hybridized carbons (Fsp3) is 0.538. The Morgan fingerprint density at radius 1 is 1.24 bits per heavy atom. The SMILES string of the molecule is Cc1cc(Br)cc([C@H](N2CCNCC2)C(F)(F)F)c1F.Cl. The molecule has 0 amide bonds. The molecule has 1 aliphatic heterocycles. The van der Waals surface area contributed by atoms with Crippen molar-refractivity contribution in [2.75, 3.05) is 26.2 Å². The normalized spacial score (nSPS) is 18.2. The standard InChI is InChI=1S/C13H15BrF4N2.ClH/c1-8-6-9(14)7-10(11(8)15)12(13(16,17)18)20-4-2-19-3-5-20;/h6-7,12,19H,2-5H2,1H3;1H/t12-;/m0./s1. The maximum absolute atomic E-state index is 14.2. The lowest BCUT2D eigenvalue weighted by molar-refractivity contribution is -0.188. The third kappa shape index (κ3) is 4.31. The Kier molecular flexibility index (Phi) is 6.46. The van der Waals surface area contributed by atoms with E-state index in [0.717, 1.165) is 0 Å². The van der Waals surface area contributed by atoms with Crippen molar-refractivity contribution in [3.8, 4) is 0 Å². The highest BCUT2D eigenvalue weighted by Gasteiger charge is 2.46. The van der Waals surface area contributed by atoms with E-state index >= 15 is 0 Å². The van der Waals surface area contributed by atoms with Crippen molar-refractivity contribution in [3.63, 3.8) is 0 Å². The summed E-state index contributed by atoms with van der Waals surface area (Å²) in [7, 11) is 0. The molecule has 1 saturated heterocycles. The minimum Gasteiger partial charge on any atom is -0.314 e. The summed E-state index contributed by atoms with van der Waals surface area (Å²) in [6, 6.07) is 0.799. The highest BCUT2D eigenvalue weighted by atomic mass is 79.9. The lowest BCUT2D eigenvalue weighted by Crippen LogP contribution is -2.49. The molecule has 0 unspecified atom stereocenters. The number of nitrogens with zero attached hydrogens (tertiary/aromatic N) is 1. The van der Waals surface area contributed by atoms with Gasteiger partial charge in [0.2, 0.25) is 0 Å². The number of aryl methyl sites for hydroxylation is 1. The average molecular weight is 392 g/mol. The van der Waals surface area contributed by atoms with E-state index in [0.29, 0.717) is 17.6 Å². The van der Waals surface area contributed by atoms with Gasteiger partial charge in [0.15, 0.2) is 0 Å². The largest absolute Gasteiger partial charge is 0.408 e. The highest BCUT2D eigenvalue weighted by molar-refractivity contribution is 9.10. The van der Waals surface area contributed by atoms with Crippen LogP contribution in [0.3, 0.4) is 0 Å². The first-order valence-corrected chi connectivity index (χ1v) is 7.07. The average Bonchev–Trinajstić information content (AvgIpc) is 2.35. The van der Waals surface area contributed by atoms with Crippen LogP contribution < -0.4 is 5.32 Å². The maximum Gasteiger partial charge on any atom is 0.408 e. The van der Waals surface area contributed by atoms with Crippen molar-refractivity contribution >= 4 is 28.3 Å². The molecule has 0 saturated carbocycles. The molecule has 1 heterocycles. The molecule has 0 radical (unpaired) electrons. The van der Waals surface area contributed by atoms with Gasteiger partial charge in [0, 0.05) is 36.2 Å². The molecule has 120 valence electrons. The number of hydrogen-bond donors (Lipinski definition) is 1. The van der Waals surface area contributed by atoms with Crippen molar-refractivity contribution in [1.82, 2.24) is 10.2 Å². The van der Waals surface area contributed by atoms with Gasteiger partial charge in [-0.2, -0.15) is 13.2 Å². The van der Waals surface area contributed by atoms with Crippen LogP contribution >= 0.6 is 28.3 Å². The fourth-order valence-corrected chi connectivity index (χ4v) is 3.06. The van der Waals surface area contributed by atoms with Crippen LogP contribution in [0.25, 0.3) is 0 Å². The molecule has 8 heteroatoms. The molecule has 1 fully saturated rings. The zero-order valence-electron chi connectivity index (χ0n) is 11.3. The van der Waals surface area contributed by atoms with Crippen LogP contribution in [-0.4, -0.2) is 37.3 Å². The van der Waals surface area contributed by atoms with Crippen LogP contribution in [0.1, 0.15) is 17.2 Å². The molecular formula is C13H16BrClF4N2. The van der Waals surface area contributed by atoms with Gasteiger partial charge in [-0.15, -0.1) is 12.4 Å². The van der Waals surface area contributed by atoms with Crippen LogP contribution in [0.2, 0.25) is 0 Å². The number of benzene rings is 1. The van der Waals surface area contributed by atoms with E-state index in [9.17, 15) is 17.6 Å². The van der Waals surface area contributed by atoms with Gasteiger partial charge in [0.05, 0.1) is 0 Å². The van der Waals surface area contributed by atoms with E-state index < -0.39 is 18.0 Å². The molecule has 0 bridgehead atoms. The lowest BCUT2D eigenvalue weighted by atomic mass is 10.0. The van der Waals surface area contributed by atoms with Crippen LogP contribution in [0.4, 0.5) is 17.6 Å². The molecule has 1 aliphatic rings. The Labute approximate surface area is 135 Å². The fourth-order valence-electron chi connectivity index (χ4n) is 2.47. The van der Waals surface area contributed by atoms with E-state index in [4.69, 9.17) is 0 Å². The summed E-state index contributed by atoms with van der Waals surface area (Å²) in [5.74, 6) is -0.783. The lowest BCUT2D eigenvalue weighted by Gasteiger charge is -2.36. The Bertz CT molecular complexity index is 490. The second-order valence-corrected chi connectivity index (χ2v) is 5.77. The van der Waals surface area contributed by atoms with Gasteiger partial charge >= 0.3 is 6.18 Å². The third-order valence-electron chi connectivity index (χ3n) is 3.37. The van der Waals surface area contributed by atoms with Crippen LogP contribution in [0, 0.1) is 12.7 Å². The molecule has 2 nitrogen and oxygen atoms in total. The second kappa shape index (κ2) is 7.26. The minimum atomic E-state index is -4.51. The molecule has 2 rings (SSSR count). The smallest absolute Gasteiger partial charge is 0.314 e. The predicted molar refractivity (Wildman–Crippen MR) is 79.3 cm³/mol. The Balaban J connectivity index is 0.00000220. The monoisotopic (exact) mass is 390 g/mol. The van der Waals surface area contributed by atoms with E-state index in [1.807, 2.05) is 0 Å². The maximum atomic E-state index is 14.2. The summed E-state index contributed by atoms with van der Waals surface area (Å²) in [6.45, 7) is 2.90. The first-order chi connectivity index (χ1) is 9.30. The number of piperazine rings is 1. The predicted octanol–water partition coefficient (Wildman–Crippen LogP) is 3.83. The quantitative estimate of drug-likeness (QED) is 0.771. The number of nitrogens with one attached hydrogen (secondary N) is 1. The van der Waals surface area contributed by atoms with Gasteiger partial charge in [-0.3, -0.25) is 4.90 Å². The first kappa shape index (κ1) is 18.7. The van der Waals surface area contributed by atoms with Crippen LogP contribution in [0.15, 0.2) is 16.6 Å². The molecule has 1 N–H and O–H groups in total. The molecular weight excluding hydrogens is 376 g/mol. The van der Waals surface area contributed by atoms with Crippen LogP contribution in [-0.2, 0) is 0 Å². The molecule has 0 aromatic heterocycles. The van der Waals surface area contributed by atoms with Gasteiger partial charge in [-0.1, -0.05) is 15.9 Å². The van der Waals surface area contributed by atoms with Crippen molar-refractivity contribution < 1.29 is 17.6 Å². The molecule has 21 heavy (non-hydrogen) atoms. The molecule has 1 aromatic rings. The first-order valence-electron chi connectivity index (χ1n) is 6.27. The number of alkyl halides is 3. The van der Waals surface area contributed by atoms with Gasteiger partial charge in [-0.05, 0) is 24.6 Å². The van der Waals surface area contributed by atoms with E-state index in [1.165, 1.54) is 24.0 Å². The zero-order chi connectivity index (χ0) is 14.9. The van der Waals surface area contributed by atoms with E-state index in [2.05, 4.69) is 21.2 Å². The van der Waals surface area contributed by atoms with E-state index in [1.54, 1.807) is 0 Å². The molecule has 1 atom stereocenters. The summed E-state index contributed by atoms with van der Waals surface area (Å²) in [4.78, 5) is 1.28. The molecule has 0 aliphatic carbocycles. The Morgan fingerprint density at radius 2 is 1.81 bits per heavy atom. The van der Waals surface area contributed by atoms with Crippen molar-refractivity contribution in [2.24, 2.45) is 0 Å². The summed E-state index contributed by atoms with van der Waals surface area (Å²) in [5, 5.41) is 3.00. The molecule has 1 aromatic carbocycles.